The van der Waals surface area contributed by atoms with E-state index < -0.39 is 6.16 Å². The molecule has 1 saturated carbocycles. The summed E-state index contributed by atoms with van der Waals surface area (Å²) in [6.45, 7) is 0. The van der Waals surface area contributed by atoms with Crippen molar-refractivity contribution in [2.45, 2.75) is 38.2 Å². The van der Waals surface area contributed by atoms with Gasteiger partial charge in [-0.2, -0.15) is 0 Å². The number of rotatable bonds is 3. The molecule has 1 aliphatic rings. The second-order valence-electron chi connectivity index (χ2n) is 3.47. The Kier molecular flexibility index (Phi) is 4.36. The maximum atomic E-state index is 10.3. The minimum Gasteiger partial charge on any atom is -0.450 e. The summed E-state index contributed by atoms with van der Waals surface area (Å²) in [5.41, 5.74) is 0. The summed E-state index contributed by atoms with van der Waals surface area (Å²) in [5.74, 6) is 0.610. The van der Waals surface area contributed by atoms with Crippen LogP contribution in [-0.2, 0) is 4.74 Å². The van der Waals surface area contributed by atoms with Crippen molar-refractivity contribution < 1.29 is 14.6 Å². The predicted molar refractivity (Wildman–Crippen MR) is 50.2 cm³/mol. The van der Waals surface area contributed by atoms with Gasteiger partial charge in [-0.3, -0.25) is 0 Å². The molecule has 1 atom stereocenters. The van der Waals surface area contributed by atoms with E-state index in [0.717, 1.165) is 12.8 Å². The standard InChI is InChI=1S/C9H15ClO3/c10-6-8(13-9(11)12)7-4-2-1-3-5-7/h7-8H,1-6H2,(H,11,12). The first-order valence-corrected chi connectivity index (χ1v) is 5.23. The molecule has 1 rings (SSSR count). The molecule has 0 aromatic carbocycles. The maximum Gasteiger partial charge on any atom is 0.506 e. The van der Waals surface area contributed by atoms with Crippen LogP contribution in [0.25, 0.3) is 0 Å². The quantitative estimate of drug-likeness (QED) is 0.571. The molecular formula is C9H15ClO3. The summed E-state index contributed by atoms with van der Waals surface area (Å²) in [6.07, 6.45) is 4.16. The number of hydrogen-bond donors (Lipinski definition) is 1. The number of halogens is 1. The van der Waals surface area contributed by atoms with E-state index in [9.17, 15) is 4.79 Å². The topological polar surface area (TPSA) is 46.5 Å². The van der Waals surface area contributed by atoms with Crippen molar-refractivity contribution in [3.8, 4) is 0 Å². The summed E-state index contributed by atoms with van der Waals surface area (Å²) >= 11 is 5.66. The Bertz CT molecular complexity index is 166. The van der Waals surface area contributed by atoms with Gasteiger partial charge >= 0.3 is 6.16 Å². The number of alkyl halides is 1. The highest BCUT2D eigenvalue weighted by atomic mass is 35.5. The second-order valence-corrected chi connectivity index (χ2v) is 3.78. The molecule has 1 unspecified atom stereocenters. The Balaban J connectivity index is 2.39. The Morgan fingerprint density at radius 2 is 2.08 bits per heavy atom. The molecular weight excluding hydrogens is 192 g/mol. The molecule has 1 fully saturated rings. The molecule has 13 heavy (non-hydrogen) atoms. The lowest BCUT2D eigenvalue weighted by Gasteiger charge is -2.27. The monoisotopic (exact) mass is 206 g/mol. The van der Waals surface area contributed by atoms with Crippen molar-refractivity contribution in [1.82, 2.24) is 0 Å². The molecule has 0 heterocycles. The third-order valence-corrected chi connectivity index (χ3v) is 2.88. The van der Waals surface area contributed by atoms with Crippen molar-refractivity contribution in [1.29, 1.82) is 0 Å². The van der Waals surface area contributed by atoms with Crippen LogP contribution in [0.5, 0.6) is 0 Å². The van der Waals surface area contributed by atoms with Gasteiger partial charge in [0.2, 0.25) is 0 Å². The maximum absolute atomic E-state index is 10.3. The van der Waals surface area contributed by atoms with Crippen molar-refractivity contribution >= 4 is 17.8 Å². The van der Waals surface area contributed by atoms with E-state index >= 15 is 0 Å². The molecule has 4 heteroatoms. The smallest absolute Gasteiger partial charge is 0.450 e. The molecule has 1 N–H and O–H groups in total. The van der Waals surface area contributed by atoms with Crippen LogP contribution in [0.1, 0.15) is 32.1 Å². The Hall–Kier alpha value is -0.440. The van der Waals surface area contributed by atoms with Crippen LogP contribution in [0.4, 0.5) is 4.79 Å². The molecule has 0 saturated heterocycles. The Morgan fingerprint density at radius 3 is 2.54 bits per heavy atom. The summed E-state index contributed by atoms with van der Waals surface area (Å²) in [6, 6.07) is 0. The first-order valence-electron chi connectivity index (χ1n) is 4.69. The van der Waals surface area contributed by atoms with Gasteiger partial charge in [-0.05, 0) is 18.8 Å². The zero-order valence-corrected chi connectivity index (χ0v) is 8.29. The second kappa shape index (κ2) is 5.32. The van der Waals surface area contributed by atoms with Crippen molar-refractivity contribution in [2.75, 3.05) is 5.88 Å². The zero-order chi connectivity index (χ0) is 9.68. The molecule has 0 radical (unpaired) electrons. The Morgan fingerprint density at radius 1 is 1.46 bits per heavy atom. The van der Waals surface area contributed by atoms with E-state index in [-0.39, 0.29) is 12.0 Å². The van der Waals surface area contributed by atoms with Crippen molar-refractivity contribution in [3.05, 3.63) is 0 Å². The minimum atomic E-state index is -1.21. The van der Waals surface area contributed by atoms with Gasteiger partial charge in [-0.25, -0.2) is 4.79 Å². The van der Waals surface area contributed by atoms with Gasteiger partial charge in [-0.1, -0.05) is 19.3 Å². The third-order valence-electron chi connectivity index (χ3n) is 2.58. The highest BCUT2D eigenvalue weighted by molar-refractivity contribution is 6.18. The van der Waals surface area contributed by atoms with Gasteiger partial charge in [-0.15, -0.1) is 11.6 Å². The Labute approximate surface area is 83.0 Å². The van der Waals surface area contributed by atoms with Gasteiger partial charge in [0.05, 0.1) is 5.88 Å². The molecule has 0 aromatic heterocycles. The van der Waals surface area contributed by atoms with Gasteiger partial charge in [0.25, 0.3) is 0 Å². The highest BCUT2D eigenvalue weighted by Crippen LogP contribution is 2.28. The van der Waals surface area contributed by atoms with E-state index in [1.54, 1.807) is 0 Å². The molecule has 0 aliphatic heterocycles. The first kappa shape index (κ1) is 10.6. The lowest BCUT2D eigenvalue weighted by molar-refractivity contribution is 0.0262. The van der Waals surface area contributed by atoms with E-state index in [1.165, 1.54) is 19.3 Å². The van der Waals surface area contributed by atoms with Crippen LogP contribution in [-0.4, -0.2) is 23.2 Å². The summed E-state index contributed by atoms with van der Waals surface area (Å²) in [4.78, 5) is 10.3. The summed E-state index contributed by atoms with van der Waals surface area (Å²) in [5, 5.41) is 8.46. The predicted octanol–water partition coefficient (Wildman–Crippen LogP) is 2.87. The fraction of sp³-hybridized carbons (Fsp3) is 0.889. The minimum absolute atomic E-state index is 0.275. The van der Waals surface area contributed by atoms with Gasteiger partial charge in [0.1, 0.15) is 6.10 Å². The van der Waals surface area contributed by atoms with E-state index in [0.29, 0.717) is 5.92 Å². The first-order chi connectivity index (χ1) is 6.24. The number of ether oxygens (including phenoxy) is 1. The fourth-order valence-corrected chi connectivity index (χ4v) is 2.20. The van der Waals surface area contributed by atoms with E-state index in [1.807, 2.05) is 0 Å². The van der Waals surface area contributed by atoms with Crippen LogP contribution in [0.3, 0.4) is 0 Å². The third kappa shape index (κ3) is 3.43. The largest absolute Gasteiger partial charge is 0.506 e. The summed E-state index contributed by atoms with van der Waals surface area (Å²) < 4.78 is 4.72. The van der Waals surface area contributed by atoms with Crippen LogP contribution < -0.4 is 0 Å². The molecule has 3 nitrogen and oxygen atoms in total. The van der Waals surface area contributed by atoms with Gasteiger partial charge in [0.15, 0.2) is 0 Å². The van der Waals surface area contributed by atoms with E-state index in [2.05, 4.69) is 0 Å². The molecule has 0 bridgehead atoms. The van der Waals surface area contributed by atoms with Crippen molar-refractivity contribution in [3.63, 3.8) is 0 Å². The average Bonchev–Trinajstić information content (AvgIpc) is 2.15. The number of hydrogen-bond acceptors (Lipinski definition) is 2. The average molecular weight is 207 g/mol. The lowest BCUT2D eigenvalue weighted by Crippen LogP contribution is -2.29. The molecule has 0 aromatic rings. The van der Waals surface area contributed by atoms with Crippen molar-refractivity contribution in [2.24, 2.45) is 5.92 Å². The number of carbonyl (C=O) groups is 1. The summed E-state index contributed by atoms with van der Waals surface area (Å²) in [7, 11) is 0. The van der Waals surface area contributed by atoms with Gasteiger partial charge in [0, 0.05) is 0 Å². The molecule has 1 aliphatic carbocycles. The molecule has 0 spiro atoms. The van der Waals surface area contributed by atoms with Crippen LogP contribution >= 0.6 is 11.6 Å². The zero-order valence-electron chi connectivity index (χ0n) is 7.54. The SMILES string of the molecule is O=C(O)OC(CCl)C1CCCCC1. The number of carboxylic acid groups (broad SMARTS) is 1. The fourth-order valence-electron chi connectivity index (χ4n) is 1.89. The van der Waals surface area contributed by atoms with Crippen LogP contribution in [0.15, 0.2) is 0 Å². The van der Waals surface area contributed by atoms with E-state index in [4.69, 9.17) is 21.4 Å². The molecule has 0 amide bonds. The van der Waals surface area contributed by atoms with Gasteiger partial charge < -0.3 is 9.84 Å². The van der Waals surface area contributed by atoms with Crippen LogP contribution in [0.2, 0.25) is 0 Å². The highest BCUT2D eigenvalue weighted by Gasteiger charge is 2.25. The lowest BCUT2D eigenvalue weighted by atomic mass is 9.86. The normalized spacial score (nSPS) is 21.0. The van der Waals surface area contributed by atoms with Crippen LogP contribution in [0, 0.1) is 5.92 Å². The molecule has 76 valence electrons.